The molecular formula is C28H35N3+2. The maximum absolute atomic E-state index is 2.46. The van der Waals surface area contributed by atoms with Crippen LogP contribution >= 0.6 is 0 Å². The van der Waals surface area contributed by atoms with Gasteiger partial charge in [0.1, 0.15) is 13.1 Å². The van der Waals surface area contributed by atoms with Crippen molar-refractivity contribution >= 4 is 11.8 Å². The van der Waals surface area contributed by atoms with Crippen LogP contribution in [0, 0.1) is 0 Å². The monoisotopic (exact) mass is 413 g/mol. The second-order valence-electron chi connectivity index (χ2n) is 8.82. The Kier molecular flexibility index (Phi) is 7.18. The van der Waals surface area contributed by atoms with Crippen LogP contribution in [0.4, 0.5) is 5.69 Å². The molecule has 0 saturated carbocycles. The predicted octanol–water partition coefficient (Wildman–Crippen LogP) is 2.67. The number of rotatable bonds is 7. The summed E-state index contributed by atoms with van der Waals surface area (Å²) in [5.74, 6) is 0. The van der Waals surface area contributed by atoms with Crippen molar-refractivity contribution in [3.8, 4) is 0 Å². The molecule has 4 rings (SSSR count). The van der Waals surface area contributed by atoms with Crippen molar-refractivity contribution in [3.05, 3.63) is 108 Å². The first-order valence-electron chi connectivity index (χ1n) is 11.4. The molecule has 1 aliphatic heterocycles. The summed E-state index contributed by atoms with van der Waals surface area (Å²) in [5, 5.41) is 0. The average Bonchev–Trinajstić information content (AvgIpc) is 2.80. The van der Waals surface area contributed by atoms with Gasteiger partial charge in [-0.25, -0.2) is 0 Å². The van der Waals surface area contributed by atoms with Gasteiger partial charge in [0.25, 0.3) is 0 Å². The van der Waals surface area contributed by atoms with Gasteiger partial charge >= 0.3 is 0 Å². The molecule has 1 heterocycles. The lowest BCUT2D eigenvalue weighted by molar-refractivity contribution is -1.14. The highest BCUT2D eigenvalue weighted by Gasteiger charge is 2.34. The molecule has 31 heavy (non-hydrogen) atoms. The van der Waals surface area contributed by atoms with E-state index in [-0.39, 0.29) is 0 Å². The number of anilines is 1. The molecular weight excluding hydrogens is 378 g/mol. The summed E-state index contributed by atoms with van der Waals surface area (Å²) >= 11 is 0. The Morgan fingerprint density at radius 3 is 1.74 bits per heavy atom. The van der Waals surface area contributed by atoms with Gasteiger partial charge in [-0.1, -0.05) is 72.8 Å². The first-order chi connectivity index (χ1) is 15.2. The van der Waals surface area contributed by atoms with Crippen LogP contribution in [0.25, 0.3) is 6.08 Å². The van der Waals surface area contributed by atoms with Crippen molar-refractivity contribution in [2.24, 2.45) is 0 Å². The maximum Gasteiger partial charge on any atom is 0.233 e. The van der Waals surface area contributed by atoms with Crippen molar-refractivity contribution in [1.82, 2.24) is 0 Å². The second kappa shape index (κ2) is 10.4. The zero-order valence-electron chi connectivity index (χ0n) is 18.8. The Labute approximate surface area is 187 Å². The highest BCUT2D eigenvalue weighted by Crippen LogP contribution is 2.13. The van der Waals surface area contributed by atoms with Gasteiger partial charge in [0, 0.05) is 43.4 Å². The number of nitrogens with zero attached hydrogens (tertiary/aromatic N) is 1. The van der Waals surface area contributed by atoms with Gasteiger partial charge in [-0.2, -0.15) is 0 Å². The molecule has 0 aromatic heterocycles. The molecule has 1 saturated heterocycles. The van der Waals surface area contributed by atoms with Gasteiger partial charge in [-0.15, -0.1) is 0 Å². The average molecular weight is 414 g/mol. The molecule has 1 aliphatic rings. The van der Waals surface area contributed by atoms with Crippen molar-refractivity contribution in [1.29, 1.82) is 0 Å². The van der Waals surface area contributed by atoms with E-state index in [1.165, 1.54) is 41.9 Å². The van der Waals surface area contributed by atoms with E-state index in [0.717, 1.165) is 13.1 Å². The van der Waals surface area contributed by atoms with Gasteiger partial charge in [-0.3, -0.25) is 9.80 Å². The van der Waals surface area contributed by atoms with E-state index in [0.29, 0.717) is 6.17 Å². The number of nitrogens with one attached hydrogen (secondary N) is 2. The summed E-state index contributed by atoms with van der Waals surface area (Å²) in [6, 6.07) is 30.7. The van der Waals surface area contributed by atoms with Gasteiger partial charge in [0.15, 0.2) is 0 Å². The third-order valence-corrected chi connectivity index (χ3v) is 6.31. The molecule has 2 unspecified atom stereocenters. The van der Waals surface area contributed by atoms with E-state index in [1.54, 1.807) is 9.80 Å². The number of benzene rings is 3. The van der Waals surface area contributed by atoms with Crippen LogP contribution in [-0.2, 0) is 13.1 Å². The molecule has 0 bridgehead atoms. The molecule has 3 heteroatoms. The molecule has 1 fully saturated rings. The van der Waals surface area contributed by atoms with Crippen molar-refractivity contribution < 1.29 is 9.80 Å². The Bertz CT molecular complexity index is 899. The molecule has 160 valence electrons. The number of hydrogen-bond donors (Lipinski definition) is 2. The van der Waals surface area contributed by atoms with E-state index in [9.17, 15) is 0 Å². The third kappa shape index (κ3) is 5.84. The molecule has 0 radical (unpaired) electrons. The summed E-state index contributed by atoms with van der Waals surface area (Å²) in [4.78, 5) is 5.46. The Balaban J connectivity index is 1.56. The van der Waals surface area contributed by atoms with Crippen LogP contribution < -0.4 is 14.7 Å². The van der Waals surface area contributed by atoms with Gasteiger partial charge < -0.3 is 4.90 Å². The van der Waals surface area contributed by atoms with E-state index in [2.05, 4.69) is 116 Å². The van der Waals surface area contributed by atoms with Crippen molar-refractivity contribution in [3.63, 3.8) is 0 Å². The lowest BCUT2D eigenvalue weighted by Crippen LogP contribution is -3.37. The quantitative estimate of drug-likeness (QED) is 0.607. The third-order valence-electron chi connectivity index (χ3n) is 6.31. The number of quaternary nitrogens is 2. The summed E-state index contributed by atoms with van der Waals surface area (Å²) in [6.45, 7) is 4.60. The van der Waals surface area contributed by atoms with Crippen LogP contribution in [0.1, 0.15) is 23.1 Å². The minimum Gasteiger partial charge on any atom is -0.378 e. The fourth-order valence-corrected chi connectivity index (χ4v) is 4.62. The summed E-state index contributed by atoms with van der Waals surface area (Å²) in [7, 11) is 4.17. The van der Waals surface area contributed by atoms with Crippen LogP contribution in [0.2, 0.25) is 0 Å². The predicted molar refractivity (Wildman–Crippen MR) is 130 cm³/mol. The van der Waals surface area contributed by atoms with Crippen LogP contribution in [0.5, 0.6) is 0 Å². The van der Waals surface area contributed by atoms with E-state index in [4.69, 9.17) is 0 Å². The normalized spacial score (nSPS) is 21.3. The zero-order chi connectivity index (χ0) is 21.5. The Morgan fingerprint density at radius 2 is 1.26 bits per heavy atom. The Hall–Kier alpha value is -2.88. The van der Waals surface area contributed by atoms with Gasteiger partial charge in [0.05, 0.1) is 13.1 Å². The first-order valence-corrected chi connectivity index (χ1v) is 11.4. The standard InChI is InChI=1S/C28H33N3/c1-29(2)27-17-14-24(15-18-27)16-19-28-30(22-25-10-5-3-6-11-25)20-9-21-31(28)23-26-12-7-4-8-13-26/h3-8,10-19,28H,9,20-23H2,1-2H3/p+2/b19-16+. The van der Waals surface area contributed by atoms with Crippen LogP contribution in [0.15, 0.2) is 91.0 Å². The highest BCUT2D eigenvalue weighted by molar-refractivity contribution is 5.55. The molecule has 3 aromatic rings. The van der Waals surface area contributed by atoms with Gasteiger partial charge in [-0.05, 0) is 23.8 Å². The van der Waals surface area contributed by atoms with Crippen molar-refractivity contribution in [2.75, 3.05) is 32.1 Å². The molecule has 3 aromatic carbocycles. The van der Waals surface area contributed by atoms with Crippen LogP contribution in [0.3, 0.4) is 0 Å². The topological polar surface area (TPSA) is 12.1 Å². The lowest BCUT2D eigenvalue weighted by Gasteiger charge is -2.37. The molecule has 0 amide bonds. The molecule has 2 atom stereocenters. The van der Waals surface area contributed by atoms with E-state index < -0.39 is 0 Å². The summed E-state index contributed by atoms with van der Waals surface area (Å²) in [6.07, 6.45) is 6.50. The molecule has 3 nitrogen and oxygen atoms in total. The molecule has 2 N–H and O–H groups in total. The second-order valence-corrected chi connectivity index (χ2v) is 8.82. The van der Waals surface area contributed by atoms with Gasteiger partial charge in [0.2, 0.25) is 6.17 Å². The largest absolute Gasteiger partial charge is 0.378 e. The Morgan fingerprint density at radius 1 is 0.742 bits per heavy atom. The molecule has 0 spiro atoms. The first kappa shape index (κ1) is 21.4. The minimum absolute atomic E-state index is 0.447. The minimum atomic E-state index is 0.447. The smallest absolute Gasteiger partial charge is 0.233 e. The fourth-order valence-electron chi connectivity index (χ4n) is 4.62. The zero-order valence-corrected chi connectivity index (χ0v) is 18.8. The maximum atomic E-state index is 2.46. The SMILES string of the molecule is CN(C)c1ccc(/C=C/C2[NH+](Cc3ccccc3)CCC[NH+]2Cc2ccccc2)cc1. The fraction of sp³-hybridized carbons (Fsp3) is 0.286. The molecule has 0 aliphatic carbocycles. The summed E-state index contributed by atoms with van der Waals surface area (Å²) < 4.78 is 0. The summed E-state index contributed by atoms with van der Waals surface area (Å²) in [5.41, 5.74) is 5.36. The van der Waals surface area contributed by atoms with Crippen molar-refractivity contribution in [2.45, 2.75) is 25.7 Å². The van der Waals surface area contributed by atoms with E-state index in [1.807, 2.05) is 0 Å². The van der Waals surface area contributed by atoms with E-state index >= 15 is 0 Å². The lowest BCUT2D eigenvalue weighted by atomic mass is 10.1. The van der Waals surface area contributed by atoms with Crippen LogP contribution in [-0.4, -0.2) is 33.4 Å². The number of hydrogen-bond acceptors (Lipinski definition) is 1. The highest BCUT2D eigenvalue weighted by atomic mass is 15.4.